The van der Waals surface area contributed by atoms with E-state index in [0.29, 0.717) is 17.4 Å². The van der Waals surface area contributed by atoms with Crippen molar-refractivity contribution in [3.63, 3.8) is 0 Å². The molecule has 0 aliphatic rings. The van der Waals surface area contributed by atoms with Gasteiger partial charge >= 0.3 is 5.97 Å². The van der Waals surface area contributed by atoms with Gasteiger partial charge in [-0.1, -0.05) is 19.9 Å². The second-order valence-electron chi connectivity index (χ2n) is 3.86. The fourth-order valence-corrected chi connectivity index (χ4v) is 1.38. The molecule has 0 saturated carbocycles. The summed E-state index contributed by atoms with van der Waals surface area (Å²) in [5, 5.41) is 11.4. The zero-order valence-corrected chi connectivity index (χ0v) is 9.78. The Labute approximate surface area is 95.2 Å². The minimum Gasteiger partial charge on any atom is -0.495 e. The van der Waals surface area contributed by atoms with E-state index < -0.39 is 5.97 Å². The number of carbonyl (C=O) groups is 1. The molecule has 0 spiro atoms. The van der Waals surface area contributed by atoms with Crippen molar-refractivity contribution in [2.24, 2.45) is 0 Å². The van der Waals surface area contributed by atoms with Crippen LogP contribution in [0.4, 0.5) is 5.69 Å². The van der Waals surface area contributed by atoms with E-state index in [9.17, 15) is 4.79 Å². The Morgan fingerprint density at radius 1 is 1.50 bits per heavy atom. The molecule has 1 aromatic carbocycles. The van der Waals surface area contributed by atoms with Crippen LogP contribution in [0, 0.1) is 0 Å². The van der Waals surface area contributed by atoms with Crippen molar-refractivity contribution in [2.45, 2.75) is 19.8 Å². The van der Waals surface area contributed by atoms with Gasteiger partial charge in [0, 0.05) is 0 Å². The molecule has 1 rings (SSSR count). The maximum atomic E-state index is 10.4. The highest BCUT2D eigenvalue weighted by molar-refractivity contribution is 5.74. The third kappa shape index (κ3) is 3.15. The van der Waals surface area contributed by atoms with Gasteiger partial charge < -0.3 is 15.2 Å². The summed E-state index contributed by atoms with van der Waals surface area (Å²) in [6.45, 7) is 4.08. The fraction of sp³-hybridized carbons (Fsp3) is 0.417. The van der Waals surface area contributed by atoms with Gasteiger partial charge in [0.05, 0.1) is 12.8 Å². The molecule has 2 N–H and O–H groups in total. The Balaban J connectivity index is 2.88. The predicted molar refractivity (Wildman–Crippen MR) is 63.2 cm³/mol. The molecule has 0 aliphatic carbocycles. The van der Waals surface area contributed by atoms with Crippen LogP contribution in [-0.2, 0) is 4.79 Å². The van der Waals surface area contributed by atoms with Gasteiger partial charge in [-0.15, -0.1) is 0 Å². The van der Waals surface area contributed by atoms with Crippen molar-refractivity contribution in [1.29, 1.82) is 0 Å². The Bertz CT molecular complexity index is 375. The van der Waals surface area contributed by atoms with E-state index >= 15 is 0 Å². The first kappa shape index (κ1) is 12.4. The summed E-state index contributed by atoms with van der Waals surface area (Å²) in [7, 11) is 1.57. The van der Waals surface area contributed by atoms with Crippen LogP contribution in [0.15, 0.2) is 18.2 Å². The smallest absolute Gasteiger partial charge is 0.322 e. The van der Waals surface area contributed by atoms with E-state index in [1.165, 1.54) is 0 Å². The number of carboxylic acid groups (broad SMARTS) is 1. The topological polar surface area (TPSA) is 58.6 Å². The van der Waals surface area contributed by atoms with Crippen molar-refractivity contribution < 1.29 is 14.6 Å². The van der Waals surface area contributed by atoms with Crippen LogP contribution < -0.4 is 10.1 Å². The summed E-state index contributed by atoms with van der Waals surface area (Å²) < 4.78 is 5.21. The molecule has 0 bridgehead atoms. The lowest BCUT2D eigenvalue weighted by Gasteiger charge is -2.13. The molecular weight excluding hydrogens is 206 g/mol. The molecule has 0 fully saturated rings. The van der Waals surface area contributed by atoms with Crippen LogP contribution in [0.5, 0.6) is 5.75 Å². The zero-order valence-electron chi connectivity index (χ0n) is 9.78. The van der Waals surface area contributed by atoms with E-state index in [-0.39, 0.29) is 6.54 Å². The second kappa shape index (κ2) is 5.39. The van der Waals surface area contributed by atoms with Gasteiger partial charge in [-0.2, -0.15) is 0 Å². The molecule has 0 aromatic heterocycles. The summed E-state index contributed by atoms with van der Waals surface area (Å²) in [6, 6.07) is 5.74. The number of hydrogen-bond donors (Lipinski definition) is 2. The zero-order chi connectivity index (χ0) is 12.1. The summed E-state index contributed by atoms with van der Waals surface area (Å²) in [4.78, 5) is 10.4. The molecular formula is C12H17NO3. The van der Waals surface area contributed by atoms with Crippen LogP contribution in [0.25, 0.3) is 0 Å². The lowest BCUT2D eigenvalue weighted by atomic mass is 10.0. The van der Waals surface area contributed by atoms with Crippen LogP contribution in [0.2, 0.25) is 0 Å². The molecule has 0 unspecified atom stereocenters. The van der Waals surface area contributed by atoms with Crippen molar-refractivity contribution >= 4 is 11.7 Å². The highest BCUT2D eigenvalue weighted by Gasteiger charge is 2.07. The maximum absolute atomic E-state index is 10.4. The molecule has 16 heavy (non-hydrogen) atoms. The Hall–Kier alpha value is -1.71. The first-order valence-electron chi connectivity index (χ1n) is 5.18. The Kier molecular flexibility index (Phi) is 4.17. The predicted octanol–water partition coefficient (Wildman–Crippen LogP) is 2.32. The normalized spacial score (nSPS) is 10.2. The number of rotatable bonds is 5. The van der Waals surface area contributed by atoms with Crippen molar-refractivity contribution in [3.8, 4) is 5.75 Å². The highest BCUT2D eigenvalue weighted by atomic mass is 16.5. The van der Waals surface area contributed by atoms with Gasteiger partial charge in [0.25, 0.3) is 0 Å². The lowest BCUT2D eigenvalue weighted by molar-refractivity contribution is -0.134. The molecule has 0 aliphatic heterocycles. The van der Waals surface area contributed by atoms with Crippen LogP contribution in [0.1, 0.15) is 25.3 Å². The molecule has 0 heterocycles. The number of benzene rings is 1. The first-order chi connectivity index (χ1) is 7.54. The Morgan fingerprint density at radius 2 is 2.19 bits per heavy atom. The third-order valence-electron chi connectivity index (χ3n) is 2.32. The summed E-state index contributed by atoms with van der Waals surface area (Å²) >= 11 is 0. The molecule has 0 atom stereocenters. The SMILES string of the molecule is COc1cc(C(C)C)ccc1NCC(=O)O. The van der Waals surface area contributed by atoms with Gasteiger partial charge in [-0.3, -0.25) is 4.79 Å². The fourth-order valence-electron chi connectivity index (χ4n) is 1.38. The molecule has 1 aromatic rings. The lowest BCUT2D eigenvalue weighted by Crippen LogP contribution is -2.13. The molecule has 4 nitrogen and oxygen atoms in total. The summed E-state index contributed by atoms with van der Waals surface area (Å²) in [5.74, 6) is 0.199. The summed E-state index contributed by atoms with van der Waals surface area (Å²) in [5.41, 5.74) is 1.87. The minimum atomic E-state index is -0.894. The number of aliphatic carboxylic acids is 1. The van der Waals surface area contributed by atoms with Gasteiger partial charge in [-0.25, -0.2) is 0 Å². The second-order valence-corrected chi connectivity index (χ2v) is 3.86. The number of methoxy groups -OCH3 is 1. The van der Waals surface area contributed by atoms with Gasteiger partial charge in [0.2, 0.25) is 0 Å². The van der Waals surface area contributed by atoms with E-state index in [1.54, 1.807) is 7.11 Å². The number of anilines is 1. The van der Waals surface area contributed by atoms with Crippen molar-refractivity contribution in [2.75, 3.05) is 19.0 Å². The van der Waals surface area contributed by atoms with Crippen LogP contribution in [-0.4, -0.2) is 24.7 Å². The minimum absolute atomic E-state index is 0.114. The van der Waals surface area contributed by atoms with E-state index in [2.05, 4.69) is 19.2 Å². The first-order valence-corrected chi connectivity index (χ1v) is 5.18. The number of ether oxygens (including phenoxy) is 1. The maximum Gasteiger partial charge on any atom is 0.322 e. The van der Waals surface area contributed by atoms with Crippen molar-refractivity contribution in [3.05, 3.63) is 23.8 Å². The quantitative estimate of drug-likeness (QED) is 0.804. The summed E-state index contributed by atoms with van der Waals surface area (Å²) in [6.07, 6.45) is 0. The largest absolute Gasteiger partial charge is 0.495 e. The van der Waals surface area contributed by atoms with Gasteiger partial charge in [0.1, 0.15) is 12.3 Å². The molecule has 88 valence electrons. The average molecular weight is 223 g/mol. The molecule has 4 heteroatoms. The number of carboxylic acids is 1. The Morgan fingerprint density at radius 3 is 2.69 bits per heavy atom. The van der Waals surface area contributed by atoms with Gasteiger partial charge in [0.15, 0.2) is 0 Å². The molecule has 0 radical (unpaired) electrons. The monoisotopic (exact) mass is 223 g/mol. The molecule has 0 saturated heterocycles. The molecule has 0 amide bonds. The number of hydrogen-bond acceptors (Lipinski definition) is 3. The van der Waals surface area contributed by atoms with E-state index in [4.69, 9.17) is 9.84 Å². The van der Waals surface area contributed by atoms with Gasteiger partial charge in [-0.05, 0) is 23.6 Å². The van der Waals surface area contributed by atoms with Crippen molar-refractivity contribution in [1.82, 2.24) is 0 Å². The third-order valence-corrected chi connectivity index (χ3v) is 2.32. The van der Waals surface area contributed by atoms with Crippen LogP contribution in [0.3, 0.4) is 0 Å². The van der Waals surface area contributed by atoms with E-state index in [1.807, 2.05) is 18.2 Å². The van der Waals surface area contributed by atoms with E-state index in [0.717, 1.165) is 5.56 Å². The number of nitrogens with one attached hydrogen (secondary N) is 1. The van der Waals surface area contributed by atoms with Crippen LogP contribution >= 0.6 is 0 Å². The highest BCUT2D eigenvalue weighted by Crippen LogP contribution is 2.28. The average Bonchev–Trinajstić information content (AvgIpc) is 2.25. The standard InChI is InChI=1S/C12H17NO3/c1-8(2)9-4-5-10(11(6-9)16-3)13-7-12(14)15/h4-6,8,13H,7H2,1-3H3,(H,14,15).